The van der Waals surface area contributed by atoms with E-state index in [1.807, 2.05) is 28.6 Å². The van der Waals surface area contributed by atoms with E-state index in [0.29, 0.717) is 12.1 Å². The minimum Gasteiger partial charge on any atom is -0.379 e. The molecule has 5 rings (SSSR count). The lowest BCUT2D eigenvalue weighted by Crippen LogP contribution is -2.43. The largest absolute Gasteiger partial charge is 0.379 e. The Kier molecular flexibility index (Phi) is 7.07. The van der Waals surface area contributed by atoms with E-state index in [1.165, 1.54) is 5.56 Å². The molecule has 2 aromatic heterocycles. The molecule has 0 spiro atoms. The third-order valence-electron chi connectivity index (χ3n) is 5.73. The second-order valence-corrected chi connectivity index (χ2v) is 9.68. The first-order valence-corrected chi connectivity index (χ1v) is 12.1. The predicted octanol–water partition coefficient (Wildman–Crippen LogP) is 4.92. The molecule has 2 aromatic carbocycles. The van der Waals surface area contributed by atoms with Gasteiger partial charge >= 0.3 is 0 Å². The molecule has 0 N–H and O–H groups in total. The van der Waals surface area contributed by atoms with Gasteiger partial charge in [0, 0.05) is 31.7 Å². The molecule has 0 unspecified atom stereocenters. The number of morpholine rings is 1. The molecule has 1 saturated heterocycles. The number of benzene rings is 2. The summed E-state index contributed by atoms with van der Waals surface area (Å²) in [7, 11) is 0. The Morgan fingerprint density at radius 2 is 1.94 bits per heavy atom. The first-order chi connectivity index (χ1) is 15.1. The third-order valence-corrected chi connectivity index (χ3v) is 7.73. The monoisotopic (exact) mass is 488 g/mol. The Morgan fingerprint density at radius 3 is 2.72 bits per heavy atom. The summed E-state index contributed by atoms with van der Waals surface area (Å²) in [6.07, 6.45) is 0. The molecule has 0 aliphatic carbocycles. The topological polar surface area (TPSA) is 58.6 Å². The lowest BCUT2D eigenvalue weighted by atomic mass is 10.1. The van der Waals surface area contributed by atoms with E-state index in [9.17, 15) is 4.79 Å². The molecule has 1 aliphatic rings. The molecular formula is C23H25ClN4O2S2. The molecular weight excluding hydrogens is 464 g/mol. The van der Waals surface area contributed by atoms with Gasteiger partial charge in [-0.25, -0.2) is 9.97 Å². The lowest BCUT2D eigenvalue weighted by Gasteiger charge is -2.29. The number of aromatic nitrogens is 2. The van der Waals surface area contributed by atoms with E-state index in [2.05, 4.69) is 35.9 Å². The molecule has 168 valence electrons. The van der Waals surface area contributed by atoms with Crippen molar-refractivity contribution in [2.75, 3.05) is 44.3 Å². The van der Waals surface area contributed by atoms with Crippen molar-refractivity contribution < 1.29 is 9.53 Å². The van der Waals surface area contributed by atoms with Gasteiger partial charge in [0.15, 0.2) is 5.13 Å². The van der Waals surface area contributed by atoms with Crippen LogP contribution in [0, 0.1) is 13.8 Å². The van der Waals surface area contributed by atoms with Crippen LogP contribution in [0.2, 0.25) is 0 Å². The highest BCUT2D eigenvalue weighted by Gasteiger charge is 2.24. The SMILES string of the molecule is Cc1ccc(C)c2sc(N(CCN3CCOCC3)C(=O)c3ccc4ncsc4c3)nc12.Cl. The summed E-state index contributed by atoms with van der Waals surface area (Å²) in [5.74, 6) is -0.0158. The first-order valence-electron chi connectivity index (χ1n) is 10.4. The highest BCUT2D eigenvalue weighted by atomic mass is 35.5. The zero-order valence-corrected chi connectivity index (χ0v) is 20.5. The molecule has 0 atom stereocenters. The maximum Gasteiger partial charge on any atom is 0.260 e. The van der Waals surface area contributed by atoms with Gasteiger partial charge in [-0.2, -0.15) is 0 Å². The van der Waals surface area contributed by atoms with Gasteiger partial charge in [0.25, 0.3) is 5.91 Å². The highest BCUT2D eigenvalue weighted by Crippen LogP contribution is 2.34. The predicted molar refractivity (Wildman–Crippen MR) is 135 cm³/mol. The van der Waals surface area contributed by atoms with E-state index in [-0.39, 0.29) is 18.3 Å². The van der Waals surface area contributed by atoms with Crippen LogP contribution < -0.4 is 4.90 Å². The maximum atomic E-state index is 13.7. The van der Waals surface area contributed by atoms with E-state index in [1.54, 1.807) is 22.7 Å². The highest BCUT2D eigenvalue weighted by molar-refractivity contribution is 7.22. The number of aryl methyl sites for hydroxylation is 2. The van der Waals surface area contributed by atoms with Gasteiger partial charge in [-0.15, -0.1) is 23.7 Å². The summed E-state index contributed by atoms with van der Waals surface area (Å²) in [6.45, 7) is 8.85. The third kappa shape index (κ3) is 4.51. The van der Waals surface area contributed by atoms with Crippen LogP contribution in [0.15, 0.2) is 35.8 Å². The standard InChI is InChI=1S/C23H24N4O2S2.ClH/c1-15-3-4-16(2)21-20(15)25-23(31-21)27(8-7-26-9-11-29-12-10-26)22(28)17-5-6-18-19(13-17)30-14-24-18;/h3-6,13-14H,7-12H2,1-2H3;1H. The van der Waals surface area contributed by atoms with Gasteiger partial charge in [-0.1, -0.05) is 23.5 Å². The second-order valence-electron chi connectivity index (χ2n) is 7.82. The van der Waals surface area contributed by atoms with E-state index in [4.69, 9.17) is 9.72 Å². The van der Waals surface area contributed by atoms with Gasteiger partial charge < -0.3 is 4.74 Å². The van der Waals surface area contributed by atoms with Gasteiger partial charge in [0.2, 0.25) is 0 Å². The first kappa shape index (κ1) is 23.1. The van der Waals surface area contributed by atoms with Crippen molar-refractivity contribution >= 4 is 66.6 Å². The molecule has 0 bridgehead atoms. The Labute approximate surface area is 201 Å². The summed E-state index contributed by atoms with van der Waals surface area (Å²) < 4.78 is 7.64. The van der Waals surface area contributed by atoms with Crippen LogP contribution in [-0.4, -0.2) is 60.2 Å². The van der Waals surface area contributed by atoms with Crippen molar-refractivity contribution in [3.8, 4) is 0 Å². The number of fused-ring (bicyclic) bond motifs is 2. The number of carbonyl (C=O) groups is 1. The number of halogens is 1. The molecule has 32 heavy (non-hydrogen) atoms. The zero-order chi connectivity index (χ0) is 21.4. The number of hydrogen-bond acceptors (Lipinski definition) is 7. The van der Waals surface area contributed by atoms with Crippen molar-refractivity contribution in [3.63, 3.8) is 0 Å². The summed E-state index contributed by atoms with van der Waals surface area (Å²) in [4.78, 5) is 27.1. The van der Waals surface area contributed by atoms with Crippen molar-refractivity contribution in [3.05, 3.63) is 52.5 Å². The lowest BCUT2D eigenvalue weighted by molar-refractivity contribution is 0.0391. The van der Waals surface area contributed by atoms with Gasteiger partial charge in [-0.05, 0) is 43.2 Å². The van der Waals surface area contributed by atoms with Crippen LogP contribution >= 0.6 is 35.1 Å². The summed E-state index contributed by atoms with van der Waals surface area (Å²) >= 11 is 3.16. The van der Waals surface area contributed by atoms with Crippen LogP contribution in [0.25, 0.3) is 20.4 Å². The smallest absolute Gasteiger partial charge is 0.260 e. The Balaban J connectivity index is 0.00000245. The van der Waals surface area contributed by atoms with Crippen molar-refractivity contribution in [2.45, 2.75) is 13.8 Å². The Morgan fingerprint density at radius 1 is 1.16 bits per heavy atom. The summed E-state index contributed by atoms with van der Waals surface area (Å²) in [5, 5.41) is 0.759. The maximum absolute atomic E-state index is 13.7. The fourth-order valence-electron chi connectivity index (χ4n) is 3.86. The minimum atomic E-state index is -0.0158. The summed E-state index contributed by atoms with van der Waals surface area (Å²) in [6, 6.07) is 9.96. The number of rotatable bonds is 5. The van der Waals surface area contributed by atoms with Gasteiger partial charge in [-0.3, -0.25) is 14.6 Å². The number of carbonyl (C=O) groups excluding carboxylic acids is 1. The molecule has 1 fully saturated rings. The average molecular weight is 489 g/mol. The van der Waals surface area contributed by atoms with Crippen LogP contribution in [0.1, 0.15) is 21.5 Å². The second kappa shape index (κ2) is 9.80. The zero-order valence-electron chi connectivity index (χ0n) is 18.0. The quantitative estimate of drug-likeness (QED) is 0.399. The molecule has 1 amide bonds. The van der Waals surface area contributed by atoms with E-state index in [0.717, 1.165) is 64.0 Å². The molecule has 9 heteroatoms. The summed E-state index contributed by atoms with van der Waals surface area (Å²) in [5.41, 5.74) is 6.72. The van der Waals surface area contributed by atoms with Crippen LogP contribution in [0.5, 0.6) is 0 Å². The number of hydrogen-bond donors (Lipinski definition) is 0. The van der Waals surface area contributed by atoms with E-state index >= 15 is 0 Å². The molecule has 3 heterocycles. The fourth-order valence-corrected chi connectivity index (χ4v) is 5.71. The molecule has 4 aromatic rings. The number of ether oxygens (including phenoxy) is 1. The number of nitrogens with zero attached hydrogens (tertiary/aromatic N) is 4. The van der Waals surface area contributed by atoms with Crippen molar-refractivity contribution in [1.82, 2.24) is 14.9 Å². The number of anilines is 1. The Hall–Kier alpha value is -2.10. The minimum absolute atomic E-state index is 0. The van der Waals surface area contributed by atoms with E-state index < -0.39 is 0 Å². The number of thiazole rings is 2. The molecule has 0 radical (unpaired) electrons. The van der Waals surface area contributed by atoms with Crippen LogP contribution in [0.4, 0.5) is 5.13 Å². The van der Waals surface area contributed by atoms with Crippen LogP contribution in [0.3, 0.4) is 0 Å². The van der Waals surface area contributed by atoms with Gasteiger partial charge in [0.1, 0.15) is 0 Å². The van der Waals surface area contributed by atoms with Crippen molar-refractivity contribution in [2.24, 2.45) is 0 Å². The van der Waals surface area contributed by atoms with Crippen LogP contribution in [-0.2, 0) is 4.74 Å². The van der Waals surface area contributed by atoms with Crippen molar-refractivity contribution in [1.29, 1.82) is 0 Å². The molecule has 6 nitrogen and oxygen atoms in total. The normalized spacial score (nSPS) is 14.6. The number of amides is 1. The Bertz CT molecular complexity index is 1210. The molecule has 0 saturated carbocycles. The average Bonchev–Trinajstić information content (AvgIpc) is 3.44. The van der Waals surface area contributed by atoms with Gasteiger partial charge in [0.05, 0.1) is 39.2 Å². The fraction of sp³-hybridized carbons (Fsp3) is 0.348. The molecule has 1 aliphatic heterocycles.